The predicted molar refractivity (Wildman–Crippen MR) is 94.7 cm³/mol. The van der Waals surface area contributed by atoms with Gasteiger partial charge in [0.2, 0.25) is 5.78 Å². The average molecular weight is 348 g/mol. The molecule has 0 unspecified atom stereocenters. The summed E-state index contributed by atoms with van der Waals surface area (Å²) in [4.78, 5) is 23.3. The third-order valence-corrected chi connectivity index (χ3v) is 4.73. The van der Waals surface area contributed by atoms with Gasteiger partial charge in [0, 0.05) is 24.5 Å². The van der Waals surface area contributed by atoms with Crippen molar-refractivity contribution in [2.24, 2.45) is 5.92 Å². The first kappa shape index (κ1) is 19.4. The number of ketones is 1. The molecule has 0 spiro atoms. The lowest BCUT2D eigenvalue weighted by molar-refractivity contribution is -0.142. The van der Waals surface area contributed by atoms with Gasteiger partial charge in [0.1, 0.15) is 11.9 Å². The number of ether oxygens (including phenoxy) is 2. The molecule has 0 saturated heterocycles. The quantitative estimate of drug-likeness (QED) is 0.589. The number of allylic oxidation sites excluding steroid dienone is 1. The van der Waals surface area contributed by atoms with Crippen LogP contribution < -0.4 is 0 Å². The van der Waals surface area contributed by atoms with E-state index in [4.69, 9.17) is 9.47 Å². The van der Waals surface area contributed by atoms with E-state index in [0.29, 0.717) is 25.0 Å². The molecule has 0 bridgehead atoms. The molecule has 2 heterocycles. The van der Waals surface area contributed by atoms with Gasteiger partial charge in [-0.2, -0.15) is 0 Å². The standard InChI is InChI=1S/C20H28O5/c1-12-8-15(24-19(23)9-12)10-14(3)16(21)7-6-13(2)17-11-18(22)20(4,5)25-17/h9-11,13,15-16,21H,6-8H2,1-5H3/b14-10+/t13-,15+,16+/m1/s1. The number of aliphatic hydroxyl groups is 1. The Labute approximate surface area is 149 Å². The number of aliphatic hydroxyl groups excluding tert-OH is 1. The lowest BCUT2D eigenvalue weighted by Crippen LogP contribution is -2.28. The van der Waals surface area contributed by atoms with Crippen LogP contribution in [0.25, 0.3) is 0 Å². The van der Waals surface area contributed by atoms with E-state index in [1.54, 1.807) is 19.9 Å². The second-order valence-electron chi connectivity index (χ2n) is 7.60. The molecule has 0 aromatic heterocycles. The minimum absolute atomic E-state index is 0.0199. The summed E-state index contributed by atoms with van der Waals surface area (Å²) in [5.74, 6) is 0.392. The first-order chi connectivity index (χ1) is 11.6. The molecule has 5 heteroatoms. The number of carbonyl (C=O) groups excluding carboxylic acids is 2. The van der Waals surface area contributed by atoms with Crippen LogP contribution in [0.3, 0.4) is 0 Å². The molecule has 2 aliphatic rings. The van der Waals surface area contributed by atoms with Crippen LogP contribution in [0.4, 0.5) is 0 Å². The number of esters is 1. The number of cyclic esters (lactones) is 1. The van der Waals surface area contributed by atoms with Crippen molar-refractivity contribution in [3.05, 3.63) is 35.1 Å². The first-order valence-electron chi connectivity index (χ1n) is 8.77. The molecule has 0 aromatic carbocycles. The SMILES string of the molecule is CC1=CC(=O)O[C@H](/C=C(\C)[C@@H](O)CC[C@@H](C)C2=CC(=O)C(C)(C)O2)C1. The van der Waals surface area contributed by atoms with Gasteiger partial charge >= 0.3 is 5.97 Å². The van der Waals surface area contributed by atoms with Crippen LogP contribution >= 0.6 is 0 Å². The number of carbonyl (C=O) groups is 2. The van der Waals surface area contributed by atoms with Gasteiger partial charge < -0.3 is 14.6 Å². The van der Waals surface area contributed by atoms with Gasteiger partial charge in [-0.25, -0.2) is 4.79 Å². The van der Waals surface area contributed by atoms with Crippen molar-refractivity contribution in [3.8, 4) is 0 Å². The van der Waals surface area contributed by atoms with Crippen LogP contribution in [0.1, 0.15) is 53.9 Å². The second kappa shape index (κ2) is 7.56. The highest BCUT2D eigenvalue weighted by atomic mass is 16.5. The van der Waals surface area contributed by atoms with Crippen LogP contribution in [0.2, 0.25) is 0 Å². The fraction of sp³-hybridized carbons (Fsp3) is 0.600. The predicted octanol–water partition coefficient (Wildman–Crippen LogP) is 3.23. The van der Waals surface area contributed by atoms with Crippen molar-refractivity contribution >= 4 is 11.8 Å². The highest BCUT2D eigenvalue weighted by Gasteiger charge is 2.36. The Hall–Kier alpha value is -1.88. The zero-order valence-corrected chi connectivity index (χ0v) is 15.7. The molecule has 0 fully saturated rings. The molecule has 1 N–H and O–H groups in total. The highest BCUT2D eigenvalue weighted by Crippen LogP contribution is 2.31. The Morgan fingerprint density at radius 2 is 2.04 bits per heavy atom. The molecule has 2 rings (SSSR count). The normalized spacial score (nSPS) is 25.7. The van der Waals surface area contributed by atoms with Crippen molar-refractivity contribution in [1.82, 2.24) is 0 Å². The Morgan fingerprint density at radius 3 is 2.60 bits per heavy atom. The van der Waals surface area contributed by atoms with Crippen LogP contribution in [0.15, 0.2) is 35.1 Å². The van der Waals surface area contributed by atoms with Gasteiger partial charge in [0.15, 0.2) is 5.60 Å². The van der Waals surface area contributed by atoms with Crippen molar-refractivity contribution in [2.75, 3.05) is 0 Å². The summed E-state index contributed by atoms with van der Waals surface area (Å²) >= 11 is 0. The molecule has 0 radical (unpaired) electrons. The van der Waals surface area contributed by atoms with Crippen LogP contribution in [-0.4, -0.2) is 34.7 Å². The van der Waals surface area contributed by atoms with E-state index in [-0.39, 0.29) is 23.8 Å². The molecule has 3 atom stereocenters. The van der Waals surface area contributed by atoms with Gasteiger partial charge in [-0.1, -0.05) is 12.5 Å². The molecule has 0 saturated carbocycles. The van der Waals surface area contributed by atoms with Crippen molar-refractivity contribution in [3.63, 3.8) is 0 Å². The van der Waals surface area contributed by atoms with E-state index in [1.807, 2.05) is 26.8 Å². The van der Waals surface area contributed by atoms with Crippen molar-refractivity contribution in [2.45, 2.75) is 71.7 Å². The summed E-state index contributed by atoms with van der Waals surface area (Å²) in [7, 11) is 0. The van der Waals surface area contributed by atoms with E-state index in [0.717, 1.165) is 11.1 Å². The molecular formula is C20H28O5. The fourth-order valence-electron chi connectivity index (χ4n) is 3.00. The monoisotopic (exact) mass is 348 g/mol. The molecule has 0 aromatic rings. The Balaban J connectivity index is 1.87. The van der Waals surface area contributed by atoms with E-state index in [2.05, 4.69) is 0 Å². The molecule has 25 heavy (non-hydrogen) atoms. The largest absolute Gasteiger partial charge is 0.484 e. The number of rotatable bonds is 6. The summed E-state index contributed by atoms with van der Waals surface area (Å²) in [5, 5.41) is 10.4. The molecular weight excluding hydrogens is 320 g/mol. The number of hydrogen-bond donors (Lipinski definition) is 1. The maximum absolute atomic E-state index is 11.8. The zero-order chi connectivity index (χ0) is 18.8. The average Bonchev–Trinajstić information content (AvgIpc) is 2.77. The van der Waals surface area contributed by atoms with Gasteiger partial charge in [0.05, 0.1) is 6.10 Å². The minimum Gasteiger partial charge on any atom is -0.484 e. The van der Waals surface area contributed by atoms with E-state index in [1.165, 1.54) is 6.08 Å². The van der Waals surface area contributed by atoms with Crippen molar-refractivity contribution < 1.29 is 24.2 Å². The molecule has 0 aliphatic carbocycles. The third kappa shape index (κ3) is 5.05. The molecule has 0 amide bonds. The summed E-state index contributed by atoms with van der Waals surface area (Å²) in [6.45, 7) is 9.25. The van der Waals surface area contributed by atoms with Gasteiger partial charge in [-0.15, -0.1) is 0 Å². The van der Waals surface area contributed by atoms with Gasteiger partial charge in [-0.05, 0) is 52.2 Å². The minimum atomic E-state index is -0.783. The molecule has 138 valence electrons. The summed E-state index contributed by atoms with van der Waals surface area (Å²) in [5.41, 5.74) is 0.984. The zero-order valence-electron chi connectivity index (χ0n) is 15.7. The Kier molecular flexibility index (Phi) is 5.88. The maximum atomic E-state index is 11.8. The van der Waals surface area contributed by atoms with Crippen LogP contribution in [0, 0.1) is 5.92 Å². The Morgan fingerprint density at radius 1 is 1.36 bits per heavy atom. The van der Waals surface area contributed by atoms with E-state index in [9.17, 15) is 14.7 Å². The summed E-state index contributed by atoms with van der Waals surface area (Å²) in [6, 6.07) is 0. The summed E-state index contributed by atoms with van der Waals surface area (Å²) in [6.07, 6.45) is 5.86. The third-order valence-electron chi connectivity index (χ3n) is 4.73. The molecule has 5 nitrogen and oxygen atoms in total. The smallest absolute Gasteiger partial charge is 0.331 e. The highest BCUT2D eigenvalue weighted by molar-refractivity contribution is 5.98. The van der Waals surface area contributed by atoms with Crippen LogP contribution in [0.5, 0.6) is 0 Å². The maximum Gasteiger partial charge on any atom is 0.331 e. The fourth-order valence-corrected chi connectivity index (χ4v) is 3.00. The van der Waals surface area contributed by atoms with E-state index < -0.39 is 11.7 Å². The summed E-state index contributed by atoms with van der Waals surface area (Å²) < 4.78 is 11.0. The number of hydrogen-bond acceptors (Lipinski definition) is 5. The second-order valence-corrected chi connectivity index (χ2v) is 7.60. The van der Waals surface area contributed by atoms with E-state index >= 15 is 0 Å². The van der Waals surface area contributed by atoms with Crippen LogP contribution in [-0.2, 0) is 19.1 Å². The molecule has 2 aliphatic heterocycles. The lowest BCUT2D eigenvalue weighted by Gasteiger charge is -2.23. The van der Waals surface area contributed by atoms with Gasteiger partial charge in [0.25, 0.3) is 0 Å². The first-order valence-corrected chi connectivity index (χ1v) is 8.77. The Bertz CT molecular complexity index is 638. The van der Waals surface area contributed by atoms with Gasteiger partial charge in [-0.3, -0.25) is 4.79 Å². The topological polar surface area (TPSA) is 72.8 Å². The van der Waals surface area contributed by atoms with Crippen molar-refractivity contribution in [1.29, 1.82) is 0 Å². The lowest BCUT2D eigenvalue weighted by atomic mass is 9.96.